The molecule has 8 heteroatoms. The first-order chi connectivity index (χ1) is 11.6. The van der Waals surface area contributed by atoms with Crippen molar-refractivity contribution in [3.05, 3.63) is 42.5 Å². The Morgan fingerprint density at radius 2 is 1.92 bits per heavy atom. The predicted molar refractivity (Wildman–Crippen MR) is 96.8 cm³/mol. The summed E-state index contributed by atoms with van der Waals surface area (Å²) in [5, 5.41) is 0. The van der Waals surface area contributed by atoms with Crippen molar-refractivity contribution in [1.82, 2.24) is 19.5 Å². The van der Waals surface area contributed by atoms with Crippen LogP contribution in [0.3, 0.4) is 0 Å². The molecule has 0 saturated carbocycles. The lowest BCUT2D eigenvalue weighted by Gasteiger charge is -2.07. The van der Waals surface area contributed by atoms with E-state index >= 15 is 0 Å². The molecular weight excluding hydrogens is 324 g/mol. The van der Waals surface area contributed by atoms with E-state index in [1.54, 1.807) is 6.33 Å². The molecule has 0 radical (unpaired) electrons. The minimum atomic E-state index is 0.388. The molecule has 3 rings (SSSR count). The zero-order valence-corrected chi connectivity index (χ0v) is 13.9. The molecule has 2 aromatic heterocycles. The first-order valence-electron chi connectivity index (χ1n) is 7.59. The second-order valence-electron chi connectivity index (χ2n) is 5.31. The van der Waals surface area contributed by atoms with Crippen LogP contribution in [0.25, 0.3) is 11.2 Å². The molecule has 0 amide bonds. The van der Waals surface area contributed by atoms with E-state index in [0.717, 1.165) is 36.3 Å². The van der Waals surface area contributed by atoms with Gasteiger partial charge in [-0.25, -0.2) is 15.0 Å². The number of ether oxygens (including phenoxy) is 1. The summed E-state index contributed by atoms with van der Waals surface area (Å²) in [6, 6.07) is 7.47. The van der Waals surface area contributed by atoms with Gasteiger partial charge < -0.3 is 20.8 Å². The van der Waals surface area contributed by atoms with Gasteiger partial charge in [0.05, 0.1) is 12.9 Å². The Morgan fingerprint density at radius 1 is 1.12 bits per heavy atom. The van der Waals surface area contributed by atoms with Crippen molar-refractivity contribution >= 4 is 34.2 Å². The number of hydrogen-bond acceptors (Lipinski definition) is 6. The first-order valence-corrected chi connectivity index (χ1v) is 8.00. The minimum absolute atomic E-state index is 0.388. The van der Waals surface area contributed by atoms with E-state index in [2.05, 4.69) is 15.0 Å². The molecule has 0 spiro atoms. The summed E-state index contributed by atoms with van der Waals surface area (Å²) >= 11 is 4.92. The molecule has 0 unspecified atom stereocenters. The summed E-state index contributed by atoms with van der Waals surface area (Å²) in [5.41, 5.74) is 13.6. The quantitative estimate of drug-likeness (QED) is 0.499. The third-order valence-electron chi connectivity index (χ3n) is 3.63. The maximum atomic E-state index is 5.78. The summed E-state index contributed by atoms with van der Waals surface area (Å²) in [6.07, 6.45) is 5.05. The third-order valence-corrected chi connectivity index (χ3v) is 3.87. The van der Waals surface area contributed by atoms with Gasteiger partial charge in [0.15, 0.2) is 11.5 Å². The number of nitrogens with two attached hydrogens (primary N) is 2. The zero-order chi connectivity index (χ0) is 16.9. The Balaban J connectivity index is 1.47. The molecule has 0 atom stereocenters. The zero-order valence-electron chi connectivity index (χ0n) is 13.1. The number of unbranched alkanes of at least 4 members (excludes halogenated alkanes) is 1. The van der Waals surface area contributed by atoms with Gasteiger partial charge in [-0.3, -0.25) is 0 Å². The van der Waals surface area contributed by atoms with E-state index in [0.29, 0.717) is 22.9 Å². The maximum Gasteiger partial charge on any atom is 0.165 e. The number of imidazole rings is 1. The minimum Gasteiger partial charge on any atom is -0.494 e. The monoisotopic (exact) mass is 342 g/mol. The number of anilines is 1. The summed E-state index contributed by atoms with van der Waals surface area (Å²) < 4.78 is 7.69. The SMILES string of the molecule is NC(=S)c1ccc(OCCCCn2cnc3c(N)ncnc32)cc1. The van der Waals surface area contributed by atoms with Gasteiger partial charge in [-0.05, 0) is 37.1 Å². The van der Waals surface area contributed by atoms with Crippen molar-refractivity contribution in [2.24, 2.45) is 5.73 Å². The summed E-state index contributed by atoms with van der Waals surface area (Å²) in [6.45, 7) is 1.44. The van der Waals surface area contributed by atoms with Gasteiger partial charge in [0.25, 0.3) is 0 Å². The number of benzene rings is 1. The van der Waals surface area contributed by atoms with Gasteiger partial charge in [-0.2, -0.15) is 0 Å². The van der Waals surface area contributed by atoms with Crippen molar-refractivity contribution in [2.75, 3.05) is 12.3 Å². The lowest BCUT2D eigenvalue weighted by molar-refractivity contribution is 0.303. The highest BCUT2D eigenvalue weighted by Crippen LogP contribution is 2.15. The maximum absolute atomic E-state index is 5.78. The highest BCUT2D eigenvalue weighted by Gasteiger charge is 2.07. The van der Waals surface area contributed by atoms with Crippen molar-refractivity contribution in [3.8, 4) is 5.75 Å². The van der Waals surface area contributed by atoms with E-state index in [9.17, 15) is 0 Å². The average molecular weight is 342 g/mol. The van der Waals surface area contributed by atoms with Gasteiger partial charge >= 0.3 is 0 Å². The second-order valence-corrected chi connectivity index (χ2v) is 5.75. The fourth-order valence-electron chi connectivity index (χ4n) is 2.35. The van der Waals surface area contributed by atoms with E-state index in [1.165, 1.54) is 6.33 Å². The van der Waals surface area contributed by atoms with Crippen LogP contribution >= 0.6 is 12.2 Å². The lowest BCUT2D eigenvalue weighted by atomic mass is 10.2. The molecule has 4 N–H and O–H groups in total. The van der Waals surface area contributed by atoms with E-state index in [-0.39, 0.29) is 0 Å². The number of fused-ring (bicyclic) bond motifs is 1. The number of nitrogens with zero attached hydrogens (tertiary/aromatic N) is 4. The Morgan fingerprint density at radius 3 is 2.67 bits per heavy atom. The van der Waals surface area contributed by atoms with E-state index in [1.807, 2.05) is 28.8 Å². The Bertz CT molecular complexity index is 845. The van der Waals surface area contributed by atoms with Gasteiger partial charge in [0, 0.05) is 12.1 Å². The number of rotatable bonds is 7. The molecule has 2 heterocycles. The standard InChI is InChI=1S/C16H18N6OS/c17-14-13-16(20-9-19-14)22(10-21-13)7-1-2-8-23-12-5-3-11(4-6-12)15(18)24/h3-6,9-10H,1-2,7-8H2,(H2,18,24)(H2,17,19,20). The molecule has 0 aliphatic rings. The Labute approximate surface area is 144 Å². The third kappa shape index (κ3) is 3.60. The van der Waals surface area contributed by atoms with Gasteiger partial charge in [-0.1, -0.05) is 12.2 Å². The number of thiocarbonyl (C=S) groups is 1. The molecule has 0 fully saturated rings. The van der Waals surface area contributed by atoms with Crippen LogP contribution in [0.2, 0.25) is 0 Å². The van der Waals surface area contributed by atoms with Crippen molar-refractivity contribution in [3.63, 3.8) is 0 Å². The van der Waals surface area contributed by atoms with Crippen LogP contribution in [-0.4, -0.2) is 31.1 Å². The van der Waals surface area contributed by atoms with Crippen molar-refractivity contribution < 1.29 is 4.74 Å². The molecule has 0 saturated heterocycles. The van der Waals surface area contributed by atoms with E-state index in [4.69, 9.17) is 28.4 Å². The van der Waals surface area contributed by atoms with Crippen LogP contribution < -0.4 is 16.2 Å². The summed E-state index contributed by atoms with van der Waals surface area (Å²) in [4.78, 5) is 12.8. The number of hydrogen-bond donors (Lipinski definition) is 2. The van der Waals surface area contributed by atoms with Crippen LogP contribution in [0, 0.1) is 0 Å². The highest BCUT2D eigenvalue weighted by molar-refractivity contribution is 7.80. The molecule has 0 aliphatic heterocycles. The molecular formula is C16H18N6OS. The van der Waals surface area contributed by atoms with Crippen LogP contribution in [-0.2, 0) is 6.54 Å². The lowest BCUT2D eigenvalue weighted by Crippen LogP contribution is -2.09. The Hall–Kier alpha value is -2.74. The molecule has 3 aromatic rings. The summed E-state index contributed by atoms with van der Waals surface area (Å²) in [7, 11) is 0. The molecule has 1 aromatic carbocycles. The van der Waals surface area contributed by atoms with Crippen LogP contribution in [0.5, 0.6) is 5.75 Å². The predicted octanol–water partition coefficient (Wildman–Crippen LogP) is 1.90. The molecule has 124 valence electrons. The van der Waals surface area contributed by atoms with Crippen molar-refractivity contribution in [1.29, 1.82) is 0 Å². The molecule has 7 nitrogen and oxygen atoms in total. The molecule has 0 aliphatic carbocycles. The van der Waals surface area contributed by atoms with Crippen LogP contribution in [0.4, 0.5) is 5.82 Å². The number of nitrogen functional groups attached to an aromatic ring is 1. The van der Waals surface area contributed by atoms with E-state index < -0.39 is 0 Å². The second kappa shape index (κ2) is 7.22. The largest absolute Gasteiger partial charge is 0.494 e. The number of aromatic nitrogens is 4. The Kier molecular flexibility index (Phi) is 4.85. The average Bonchev–Trinajstić information content (AvgIpc) is 3.00. The topological polar surface area (TPSA) is 105 Å². The fourth-order valence-corrected chi connectivity index (χ4v) is 2.49. The fraction of sp³-hybridized carbons (Fsp3) is 0.250. The van der Waals surface area contributed by atoms with Gasteiger partial charge in [0.2, 0.25) is 0 Å². The molecule has 0 bridgehead atoms. The van der Waals surface area contributed by atoms with Crippen LogP contribution in [0.1, 0.15) is 18.4 Å². The smallest absolute Gasteiger partial charge is 0.165 e. The van der Waals surface area contributed by atoms with Gasteiger partial charge in [-0.15, -0.1) is 0 Å². The first kappa shape index (κ1) is 16.1. The van der Waals surface area contributed by atoms with Gasteiger partial charge in [0.1, 0.15) is 22.6 Å². The summed E-state index contributed by atoms with van der Waals surface area (Å²) in [5.74, 6) is 1.21. The van der Waals surface area contributed by atoms with Crippen molar-refractivity contribution in [2.45, 2.75) is 19.4 Å². The number of aryl methyl sites for hydroxylation is 1. The normalized spacial score (nSPS) is 10.8. The highest BCUT2D eigenvalue weighted by atomic mass is 32.1. The van der Waals surface area contributed by atoms with Crippen LogP contribution in [0.15, 0.2) is 36.9 Å². The molecule has 24 heavy (non-hydrogen) atoms.